The number of hydrogen-bond donors (Lipinski definition) is 2. The van der Waals surface area contributed by atoms with E-state index in [1.165, 1.54) is 7.05 Å². The normalized spacial score (nSPS) is 28.4. The third-order valence-electron chi connectivity index (χ3n) is 3.83. The van der Waals surface area contributed by atoms with Crippen LogP contribution in [0.5, 0.6) is 0 Å². The van der Waals surface area contributed by atoms with Gasteiger partial charge in [-0.05, 0) is 25.8 Å². The maximum atomic E-state index is 11.9. The largest absolute Gasteiger partial charge is 0.344 e. The maximum Gasteiger partial charge on any atom is 0.251 e. The first-order valence-corrected chi connectivity index (χ1v) is 6.91. The van der Waals surface area contributed by atoms with Crippen LogP contribution in [0.25, 0.3) is 0 Å². The summed E-state index contributed by atoms with van der Waals surface area (Å²) >= 11 is 0. The Bertz CT molecular complexity index is 377. The molecule has 6 nitrogen and oxygen atoms in total. The molecule has 6 heteroatoms. The minimum absolute atomic E-state index is 0.111. The van der Waals surface area contributed by atoms with E-state index < -0.39 is 6.04 Å². The molecule has 106 valence electrons. The van der Waals surface area contributed by atoms with Gasteiger partial charge < -0.3 is 10.6 Å². The second kappa shape index (κ2) is 6.14. The molecule has 2 aliphatic heterocycles. The van der Waals surface area contributed by atoms with Crippen LogP contribution in [0, 0.1) is 0 Å². The zero-order chi connectivity index (χ0) is 13.8. The number of likely N-dealkylation sites (tertiary alicyclic amines) is 1. The lowest BCUT2D eigenvalue weighted by Gasteiger charge is -2.29. The number of piperidine rings is 2. The van der Waals surface area contributed by atoms with Gasteiger partial charge in [0.05, 0.1) is 0 Å². The lowest BCUT2D eigenvalue weighted by Crippen LogP contribution is -2.53. The van der Waals surface area contributed by atoms with E-state index in [9.17, 15) is 14.4 Å². The van der Waals surface area contributed by atoms with Gasteiger partial charge in [0.25, 0.3) is 5.91 Å². The molecule has 2 rings (SSSR count). The average Bonchev–Trinajstić information content (AvgIpc) is 2.41. The van der Waals surface area contributed by atoms with Crippen molar-refractivity contribution in [1.29, 1.82) is 0 Å². The standard InChI is InChI=1S/C13H21N3O3/c1-16-12(18)6-5-10(13(16)19)15-11(17)8-9-4-2-3-7-14-9/h9-10,14H,2-8H2,1H3,(H,15,17). The highest BCUT2D eigenvalue weighted by atomic mass is 16.2. The molecule has 2 unspecified atom stereocenters. The Hall–Kier alpha value is -1.43. The fraction of sp³-hybridized carbons (Fsp3) is 0.769. The van der Waals surface area contributed by atoms with Gasteiger partial charge in [-0.3, -0.25) is 19.3 Å². The Labute approximate surface area is 112 Å². The molecule has 2 saturated heterocycles. The van der Waals surface area contributed by atoms with Gasteiger partial charge in [0.1, 0.15) is 6.04 Å². The van der Waals surface area contributed by atoms with Crippen LogP contribution in [0.4, 0.5) is 0 Å². The van der Waals surface area contributed by atoms with Gasteiger partial charge in [0.2, 0.25) is 11.8 Å². The third kappa shape index (κ3) is 3.53. The lowest BCUT2D eigenvalue weighted by molar-refractivity contribution is -0.149. The molecule has 0 spiro atoms. The minimum Gasteiger partial charge on any atom is -0.344 e. The van der Waals surface area contributed by atoms with Gasteiger partial charge in [0, 0.05) is 25.9 Å². The Morgan fingerprint density at radius 3 is 2.84 bits per heavy atom. The van der Waals surface area contributed by atoms with Crippen molar-refractivity contribution < 1.29 is 14.4 Å². The van der Waals surface area contributed by atoms with Crippen LogP contribution in [-0.4, -0.2) is 48.3 Å². The molecule has 2 aliphatic rings. The highest BCUT2D eigenvalue weighted by molar-refractivity contribution is 6.01. The Balaban J connectivity index is 1.81. The number of imide groups is 1. The maximum absolute atomic E-state index is 11.9. The fourth-order valence-corrected chi connectivity index (χ4v) is 2.62. The van der Waals surface area contributed by atoms with E-state index in [1.807, 2.05) is 0 Å². The number of rotatable bonds is 3. The highest BCUT2D eigenvalue weighted by Gasteiger charge is 2.32. The Morgan fingerprint density at radius 1 is 1.37 bits per heavy atom. The Morgan fingerprint density at radius 2 is 2.16 bits per heavy atom. The molecule has 2 fully saturated rings. The monoisotopic (exact) mass is 267 g/mol. The van der Waals surface area contributed by atoms with Crippen LogP contribution in [0.1, 0.15) is 38.5 Å². The topological polar surface area (TPSA) is 78.5 Å². The molecule has 0 aliphatic carbocycles. The van der Waals surface area contributed by atoms with Gasteiger partial charge in [-0.25, -0.2) is 0 Å². The molecule has 0 radical (unpaired) electrons. The molecule has 0 bridgehead atoms. The van der Waals surface area contributed by atoms with Gasteiger partial charge >= 0.3 is 0 Å². The number of amides is 3. The molecule has 3 amide bonds. The molecule has 19 heavy (non-hydrogen) atoms. The quantitative estimate of drug-likeness (QED) is 0.693. The van der Waals surface area contributed by atoms with Crippen LogP contribution in [-0.2, 0) is 14.4 Å². The number of nitrogens with zero attached hydrogens (tertiary/aromatic N) is 1. The predicted octanol–water partition coefficient (Wildman–Crippen LogP) is -0.218. The average molecular weight is 267 g/mol. The number of carbonyl (C=O) groups is 3. The molecule has 0 saturated carbocycles. The van der Waals surface area contributed by atoms with Crippen molar-refractivity contribution >= 4 is 17.7 Å². The van der Waals surface area contributed by atoms with E-state index in [-0.39, 0.29) is 23.8 Å². The summed E-state index contributed by atoms with van der Waals surface area (Å²) in [6.45, 7) is 0.956. The number of nitrogens with one attached hydrogen (secondary N) is 2. The van der Waals surface area contributed by atoms with Crippen molar-refractivity contribution in [2.45, 2.75) is 50.6 Å². The van der Waals surface area contributed by atoms with Gasteiger partial charge in [-0.1, -0.05) is 6.42 Å². The van der Waals surface area contributed by atoms with Gasteiger partial charge in [-0.2, -0.15) is 0 Å². The van der Waals surface area contributed by atoms with Crippen molar-refractivity contribution in [3.63, 3.8) is 0 Å². The molecule has 0 aromatic carbocycles. The van der Waals surface area contributed by atoms with E-state index in [0.29, 0.717) is 19.3 Å². The number of carbonyl (C=O) groups excluding carboxylic acids is 3. The smallest absolute Gasteiger partial charge is 0.251 e. The van der Waals surface area contributed by atoms with Crippen molar-refractivity contribution in [2.24, 2.45) is 0 Å². The second-order valence-corrected chi connectivity index (χ2v) is 5.30. The van der Waals surface area contributed by atoms with E-state index in [4.69, 9.17) is 0 Å². The van der Waals surface area contributed by atoms with E-state index in [0.717, 1.165) is 30.7 Å². The van der Waals surface area contributed by atoms with Crippen molar-refractivity contribution in [3.8, 4) is 0 Å². The molecular formula is C13H21N3O3. The van der Waals surface area contributed by atoms with Crippen LogP contribution in [0.3, 0.4) is 0 Å². The summed E-state index contributed by atoms with van der Waals surface area (Å²) in [6, 6.07) is -0.328. The molecule has 0 aromatic heterocycles. The summed E-state index contributed by atoms with van der Waals surface area (Å²) < 4.78 is 0. The molecule has 2 N–H and O–H groups in total. The molecular weight excluding hydrogens is 246 g/mol. The zero-order valence-corrected chi connectivity index (χ0v) is 11.3. The first-order valence-electron chi connectivity index (χ1n) is 6.91. The van der Waals surface area contributed by atoms with Gasteiger partial charge in [-0.15, -0.1) is 0 Å². The van der Waals surface area contributed by atoms with Crippen LogP contribution < -0.4 is 10.6 Å². The highest BCUT2D eigenvalue weighted by Crippen LogP contribution is 2.13. The lowest BCUT2D eigenvalue weighted by atomic mass is 10.0. The fourth-order valence-electron chi connectivity index (χ4n) is 2.62. The SMILES string of the molecule is CN1C(=O)CCC(NC(=O)CC2CCCCN2)C1=O. The number of likely N-dealkylation sites (N-methyl/N-ethyl adjacent to an activating group) is 1. The summed E-state index contributed by atoms with van der Waals surface area (Å²) in [5.74, 6) is -0.592. The molecule has 2 atom stereocenters. The van der Waals surface area contributed by atoms with Crippen LogP contribution >= 0.6 is 0 Å². The summed E-state index contributed by atoms with van der Waals surface area (Å²) in [5.41, 5.74) is 0. The number of hydrogen-bond acceptors (Lipinski definition) is 4. The Kier molecular flexibility index (Phi) is 4.52. The summed E-state index contributed by atoms with van der Waals surface area (Å²) in [6.07, 6.45) is 4.43. The second-order valence-electron chi connectivity index (χ2n) is 5.30. The van der Waals surface area contributed by atoms with Crippen molar-refractivity contribution in [2.75, 3.05) is 13.6 Å². The summed E-state index contributed by atoms with van der Waals surface area (Å²) in [4.78, 5) is 36.2. The third-order valence-corrected chi connectivity index (χ3v) is 3.83. The zero-order valence-electron chi connectivity index (χ0n) is 11.3. The van der Waals surface area contributed by atoms with E-state index >= 15 is 0 Å². The van der Waals surface area contributed by atoms with Crippen LogP contribution in [0.2, 0.25) is 0 Å². The van der Waals surface area contributed by atoms with E-state index in [1.54, 1.807) is 0 Å². The van der Waals surface area contributed by atoms with Crippen LogP contribution in [0.15, 0.2) is 0 Å². The predicted molar refractivity (Wildman–Crippen MR) is 69.2 cm³/mol. The first kappa shape index (κ1) is 14.0. The molecule has 2 heterocycles. The summed E-state index contributed by atoms with van der Waals surface area (Å²) in [5, 5.41) is 6.05. The molecule has 0 aromatic rings. The minimum atomic E-state index is -0.543. The first-order chi connectivity index (χ1) is 9.08. The summed E-state index contributed by atoms with van der Waals surface area (Å²) in [7, 11) is 1.46. The van der Waals surface area contributed by atoms with Crippen molar-refractivity contribution in [1.82, 2.24) is 15.5 Å². The van der Waals surface area contributed by atoms with Gasteiger partial charge in [0.15, 0.2) is 0 Å². The van der Waals surface area contributed by atoms with Crippen molar-refractivity contribution in [3.05, 3.63) is 0 Å². The van der Waals surface area contributed by atoms with E-state index in [2.05, 4.69) is 10.6 Å².